The van der Waals surface area contributed by atoms with Crippen molar-refractivity contribution in [2.45, 2.75) is 0 Å². The largest absolute Gasteiger partial charge is 0.438 e. The molecule has 0 saturated carbocycles. The lowest BCUT2D eigenvalue weighted by atomic mass is 9.99. The number of pyridine rings is 2. The fraction of sp³-hybridized carbons (Fsp3) is 0. The number of hydrogen-bond donors (Lipinski definition) is 0. The monoisotopic (exact) mass is 603 g/mol. The standard InChI is InChI=1S/C41H25N5O/c1-3-9-27(10-4-1)38-44-39(28-11-5-2-6-12-28)46-40(45-38)29-17-15-26(16-18-29)30-19-20-32-31(25-30)23-24-42-37(32)35-22-21-34-33-13-7-8-14-36(33)47-41(34)43-35/h1-25H. The quantitative estimate of drug-likeness (QED) is 0.195. The van der Waals surface area contributed by atoms with Crippen LogP contribution >= 0.6 is 0 Å². The Morgan fingerprint density at radius 1 is 0.404 bits per heavy atom. The normalized spacial score (nSPS) is 11.4. The van der Waals surface area contributed by atoms with Crippen LogP contribution in [0.1, 0.15) is 0 Å². The molecule has 0 aliphatic carbocycles. The minimum atomic E-state index is 0.615. The topological polar surface area (TPSA) is 77.6 Å². The Morgan fingerprint density at radius 3 is 1.68 bits per heavy atom. The highest BCUT2D eigenvalue weighted by atomic mass is 16.3. The molecule has 0 amide bonds. The van der Waals surface area contributed by atoms with E-state index in [0.717, 1.165) is 66.3 Å². The maximum atomic E-state index is 6.05. The van der Waals surface area contributed by atoms with E-state index in [-0.39, 0.29) is 0 Å². The summed E-state index contributed by atoms with van der Waals surface area (Å²) >= 11 is 0. The Labute approximate surface area is 270 Å². The summed E-state index contributed by atoms with van der Waals surface area (Å²) in [6.07, 6.45) is 1.84. The van der Waals surface area contributed by atoms with E-state index >= 15 is 0 Å². The number of fused-ring (bicyclic) bond motifs is 4. The van der Waals surface area contributed by atoms with Gasteiger partial charge in [0.2, 0.25) is 5.71 Å². The van der Waals surface area contributed by atoms with Crippen molar-refractivity contribution in [1.82, 2.24) is 24.9 Å². The van der Waals surface area contributed by atoms with Gasteiger partial charge in [0.1, 0.15) is 5.58 Å². The molecule has 5 aromatic carbocycles. The summed E-state index contributed by atoms with van der Waals surface area (Å²) < 4.78 is 6.05. The summed E-state index contributed by atoms with van der Waals surface area (Å²) in [5, 5.41) is 4.18. The third-order valence-corrected chi connectivity index (χ3v) is 8.43. The van der Waals surface area contributed by atoms with E-state index in [2.05, 4.69) is 54.6 Å². The van der Waals surface area contributed by atoms with Gasteiger partial charge in [0.05, 0.1) is 11.4 Å². The fourth-order valence-corrected chi connectivity index (χ4v) is 6.05. The van der Waals surface area contributed by atoms with Crippen LogP contribution in [0.3, 0.4) is 0 Å². The molecule has 0 fully saturated rings. The van der Waals surface area contributed by atoms with Crippen LogP contribution in [0.5, 0.6) is 0 Å². The second-order valence-electron chi connectivity index (χ2n) is 11.4. The van der Waals surface area contributed by atoms with Crippen molar-refractivity contribution in [3.8, 4) is 56.7 Å². The van der Waals surface area contributed by atoms with Crippen LogP contribution in [-0.4, -0.2) is 24.9 Å². The van der Waals surface area contributed by atoms with E-state index in [1.165, 1.54) is 0 Å². The van der Waals surface area contributed by atoms with Crippen molar-refractivity contribution in [2.24, 2.45) is 0 Å². The smallest absolute Gasteiger partial charge is 0.227 e. The van der Waals surface area contributed by atoms with Crippen LogP contribution in [0.25, 0.3) is 89.5 Å². The van der Waals surface area contributed by atoms with Crippen molar-refractivity contribution in [1.29, 1.82) is 0 Å². The van der Waals surface area contributed by atoms with E-state index in [9.17, 15) is 0 Å². The highest BCUT2D eigenvalue weighted by Gasteiger charge is 2.14. The van der Waals surface area contributed by atoms with Gasteiger partial charge in [-0.2, -0.15) is 0 Å². The van der Waals surface area contributed by atoms with Crippen LogP contribution in [0.15, 0.2) is 156 Å². The van der Waals surface area contributed by atoms with E-state index in [0.29, 0.717) is 23.2 Å². The summed E-state index contributed by atoms with van der Waals surface area (Å²) in [5.41, 5.74) is 8.06. The molecule has 0 bridgehead atoms. The zero-order valence-corrected chi connectivity index (χ0v) is 25.1. The summed E-state index contributed by atoms with van der Waals surface area (Å²) in [4.78, 5) is 24.1. The van der Waals surface area contributed by atoms with Crippen LogP contribution in [0.4, 0.5) is 0 Å². The third-order valence-electron chi connectivity index (χ3n) is 8.43. The molecule has 0 aliphatic heterocycles. The number of nitrogens with zero attached hydrogens (tertiary/aromatic N) is 5. The first-order chi connectivity index (χ1) is 23.3. The lowest BCUT2D eigenvalue weighted by molar-refractivity contribution is 0.654. The first-order valence-corrected chi connectivity index (χ1v) is 15.4. The molecule has 0 aliphatic rings. The van der Waals surface area contributed by atoms with Crippen molar-refractivity contribution in [2.75, 3.05) is 0 Å². The van der Waals surface area contributed by atoms with E-state index in [4.69, 9.17) is 29.3 Å². The number of rotatable bonds is 5. The van der Waals surface area contributed by atoms with Gasteiger partial charge in [0.25, 0.3) is 0 Å². The van der Waals surface area contributed by atoms with Gasteiger partial charge in [0, 0.05) is 39.0 Å². The Balaban J connectivity index is 1.07. The molecule has 9 rings (SSSR count). The van der Waals surface area contributed by atoms with Crippen molar-refractivity contribution in [3.63, 3.8) is 0 Å². The average Bonchev–Trinajstić information content (AvgIpc) is 3.53. The molecular formula is C41H25N5O. The molecule has 0 spiro atoms. The molecule has 220 valence electrons. The number of furan rings is 1. The zero-order valence-electron chi connectivity index (χ0n) is 25.1. The Hall–Kier alpha value is -6.53. The van der Waals surface area contributed by atoms with Gasteiger partial charge in [-0.1, -0.05) is 115 Å². The number of hydrogen-bond acceptors (Lipinski definition) is 6. The lowest BCUT2D eigenvalue weighted by Gasteiger charge is -2.10. The first kappa shape index (κ1) is 26.8. The molecule has 0 N–H and O–H groups in total. The molecular weight excluding hydrogens is 578 g/mol. The molecule has 0 unspecified atom stereocenters. The zero-order chi connectivity index (χ0) is 31.2. The minimum absolute atomic E-state index is 0.615. The molecule has 0 saturated heterocycles. The fourth-order valence-electron chi connectivity index (χ4n) is 6.05. The first-order valence-electron chi connectivity index (χ1n) is 15.4. The predicted molar refractivity (Wildman–Crippen MR) is 187 cm³/mol. The third kappa shape index (κ3) is 4.89. The van der Waals surface area contributed by atoms with Gasteiger partial charge in [-0.3, -0.25) is 4.98 Å². The van der Waals surface area contributed by atoms with Gasteiger partial charge in [-0.15, -0.1) is 0 Å². The van der Waals surface area contributed by atoms with Crippen LogP contribution < -0.4 is 0 Å². The summed E-state index contributed by atoms with van der Waals surface area (Å²) in [7, 11) is 0. The van der Waals surface area contributed by atoms with Crippen LogP contribution in [0.2, 0.25) is 0 Å². The molecule has 4 heterocycles. The predicted octanol–water partition coefficient (Wildman–Crippen LogP) is 10.0. The summed E-state index contributed by atoms with van der Waals surface area (Å²) in [6, 6.07) is 49.0. The Kier molecular flexibility index (Phi) is 6.35. The van der Waals surface area contributed by atoms with Gasteiger partial charge < -0.3 is 4.42 Å². The highest BCUT2D eigenvalue weighted by molar-refractivity contribution is 6.04. The van der Waals surface area contributed by atoms with Gasteiger partial charge in [-0.25, -0.2) is 19.9 Å². The molecule has 6 nitrogen and oxygen atoms in total. The van der Waals surface area contributed by atoms with Crippen molar-refractivity contribution < 1.29 is 4.42 Å². The van der Waals surface area contributed by atoms with E-state index in [1.807, 2.05) is 97.2 Å². The molecule has 6 heteroatoms. The van der Waals surface area contributed by atoms with Crippen molar-refractivity contribution in [3.05, 3.63) is 152 Å². The summed E-state index contributed by atoms with van der Waals surface area (Å²) in [5.74, 6) is 1.92. The maximum absolute atomic E-state index is 6.05. The van der Waals surface area contributed by atoms with E-state index < -0.39 is 0 Å². The minimum Gasteiger partial charge on any atom is -0.438 e. The van der Waals surface area contributed by atoms with Gasteiger partial charge in [-0.05, 0) is 46.8 Å². The molecule has 4 aromatic heterocycles. The number of aromatic nitrogens is 5. The molecule has 0 radical (unpaired) electrons. The highest BCUT2D eigenvalue weighted by Crippen LogP contribution is 2.34. The Morgan fingerprint density at radius 2 is 0.979 bits per heavy atom. The number of benzene rings is 5. The molecule has 9 aromatic rings. The van der Waals surface area contributed by atoms with Crippen LogP contribution in [0, 0.1) is 0 Å². The average molecular weight is 604 g/mol. The maximum Gasteiger partial charge on any atom is 0.227 e. The second kappa shape index (κ2) is 11.1. The molecule has 47 heavy (non-hydrogen) atoms. The van der Waals surface area contributed by atoms with Crippen molar-refractivity contribution >= 4 is 32.8 Å². The van der Waals surface area contributed by atoms with Gasteiger partial charge >= 0.3 is 0 Å². The summed E-state index contributed by atoms with van der Waals surface area (Å²) in [6.45, 7) is 0. The second-order valence-corrected chi connectivity index (χ2v) is 11.4. The van der Waals surface area contributed by atoms with E-state index in [1.54, 1.807) is 0 Å². The lowest BCUT2D eigenvalue weighted by Crippen LogP contribution is -2.00. The number of para-hydroxylation sites is 1. The van der Waals surface area contributed by atoms with Crippen LogP contribution in [-0.2, 0) is 0 Å². The SMILES string of the molecule is c1ccc(-c2nc(-c3ccccc3)nc(-c3ccc(-c4ccc5c(-c6ccc7c(n6)oc6ccccc67)nccc5c4)cc3)n2)cc1. The molecule has 0 atom stereocenters. The van der Waals surface area contributed by atoms with Gasteiger partial charge in [0.15, 0.2) is 17.5 Å². The Bertz CT molecular complexity index is 2500.